The van der Waals surface area contributed by atoms with Crippen molar-refractivity contribution in [3.8, 4) is 11.1 Å². The standard InChI is InChI=1S/C25H26N4O5/c1-3-15(12-23(30)27-22-13-21(24(31)32)28-29(22)2)26-25(33)34-14-20-18-10-6-4-8-16(18)17-9-5-7-11-19(17)20/h4-11,13,15,20H,3,12,14H2,1-2H3,(H,26,33)(H,27,30)(H,31,32). The van der Waals surface area contributed by atoms with Gasteiger partial charge in [0.05, 0.1) is 0 Å². The highest BCUT2D eigenvalue weighted by Crippen LogP contribution is 2.44. The number of hydrogen-bond acceptors (Lipinski definition) is 5. The number of anilines is 1. The first-order valence-electron chi connectivity index (χ1n) is 11.1. The molecule has 1 heterocycles. The molecule has 1 aliphatic rings. The number of benzene rings is 2. The number of carboxylic acid groups (broad SMARTS) is 1. The molecule has 0 saturated heterocycles. The lowest BCUT2D eigenvalue weighted by Gasteiger charge is -2.18. The monoisotopic (exact) mass is 462 g/mol. The summed E-state index contributed by atoms with van der Waals surface area (Å²) in [5.41, 5.74) is 4.38. The van der Waals surface area contributed by atoms with Crippen molar-refractivity contribution in [3.63, 3.8) is 0 Å². The van der Waals surface area contributed by atoms with Gasteiger partial charge in [-0.25, -0.2) is 9.59 Å². The van der Waals surface area contributed by atoms with Crippen LogP contribution >= 0.6 is 0 Å². The van der Waals surface area contributed by atoms with Gasteiger partial charge in [0.15, 0.2) is 5.69 Å². The molecule has 3 N–H and O–H groups in total. The summed E-state index contributed by atoms with van der Waals surface area (Å²) in [5.74, 6) is -1.33. The minimum Gasteiger partial charge on any atom is -0.476 e. The van der Waals surface area contributed by atoms with Crippen LogP contribution in [0.15, 0.2) is 54.6 Å². The van der Waals surface area contributed by atoms with Crippen molar-refractivity contribution >= 4 is 23.8 Å². The molecule has 0 bridgehead atoms. The van der Waals surface area contributed by atoms with Crippen molar-refractivity contribution in [2.75, 3.05) is 11.9 Å². The number of carbonyl (C=O) groups excluding carboxylic acids is 2. The zero-order chi connectivity index (χ0) is 24.2. The Morgan fingerprint density at radius 3 is 2.26 bits per heavy atom. The highest BCUT2D eigenvalue weighted by atomic mass is 16.5. The van der Waals surface area contributed by atoms with Gasteiger partial charge in [-0.15, -0.1) is 0 Å². The Bertz CT molecular complexity index is 1190. The summed E-state index contributed by atoms with van der Waals surface area (Å²) in [7, 11) is 1.54. The van der Waals surface area contributed by atoms with Crippen LogP contribution < -0.4 is 10.6 Å². The second-order valence-corrected chi connectivity index (χ2v) is 8.17. The number of aryl methyl sites for hydroxylation is 1. The number of alkyl carbamates (subject to hydrolysis) is 1. The van der Waals surface area contributed by atoms with E-state index in [2.05, 4.69) is 40.0 Å². The summed E-state index contributed by atoms with van der Waals surface area (Å²) in [6, 6.07) is 17.0. The zero-order valence-electron chi connectivity index (χ0n) is 18.9. The number of nitrogens with zero attached hydrogens (tertiary/aromatic N) is 2. The summed E-state index contributed by atoms with van der Waals surface area (Å²) >= 11 is 0. The van der Waals surface area contributed by atoms with E-state index in [1.165, 1.54) is 17.8 Å². The van der Waals surface area contributed by atoms with E-state index >= 15 is 0 Å². The largest absolute Gasteiger partial charge is 0.476 e. The maximum Gasteiger partial charge on any atom is 0.407 e. The highest BCUT2D eigenvalue weighted by Gasteiger charge is 2.29. The van der Waals surface area contributed by atoms with Crippen LogP contribution in [0.5, 0.6) is 0 Å². The molecule has 1 aliphatic carbocycles. The minimum atomic E-state index is -1.18. The van der Waals surface area contributed by atoms with Crippen molar-refractivity contribution in [2.45, 2.75) is 31.7 Å². The number of rotatable bonds is 8. The van der Waals surface area contributed by atoms with Crippen molar-refractivity contribution in [2.24, 2.45) is 7.05 Å². The molecular formula is C25H26N4O5. The van der Waals surface area contributed by atoms with E-state index in [1.807, 2.05) is 31.2 Å². The lowest BCUT2D eigenvalue weighted by Crippen LogP contribution is -2.38. The average molecular weight is 463 g/mol. The summed E-state index contributed by atoms with van der Waals surface area (Å²) in [5, 5.41) is 18.2. The van der Waals surface area contributed by atoms with E-state index in [-0.39, 0.29) is 36.4 Å². The van der Waals surface area contributed by atoms with Gasteiger partial charge >= 0.3 is 12.1 Å². The van der Waals surface area contributed by atoms with Crippen molar-refractivity contribution in [1.82, 2.24) is 15.1 Å². The normalized spacial score (nSPS) is 13.0. The third-order valence-electron chi connectivity index (χ3n) is 5.96. The van der Waals surface area contributed by atoms with Crippen LogP contribution in [0.1, 0.15) is 47.3 Å². The fourth-order valence-electron chi connectivity index (χ4n) is 4.21. The number of hydrogen-bond donors (Lipinski definition) is 3. The van der Waals surface area contributed by atoms with Gasteiger partial charge in [-0.2, -0.15) is 5.10 Å². The molecule has 0 radical (unpaired) electrons. The van der Waals surface area contributed by atoms with Crippen LogP contribution in [0.2, 0.25) is 0 Å². The van der Waals surface area contributed by atoms with Crippen LogP contribution in [0.4, 0.5) is 10.6 Å². The second-order valence-electron chi connectivity index (χ2n) is 8.17. The molecule has 1 atom stereocenters. The summed E-state index contributed by atoms with van der Waals surface area (Å²) in [6.07, 6.45) is -0.0623. The Morgan fingerprint density at radius 1 is 1.09 bits per heavy atom. The van der Waals surface area contributed by atoms with Crippen LogP contribution in [-0.2, 0) is 16.6 Å². The highest BCUT2D eigenvalue weighted by molar-refractivity contribution is 5.92. The lowest BCUT2D eigenvalue weighted by atomic mass is 9.98. The van der Waals surface area contributed by atoms with Gasteiger partial charge < -0.3 is 20.5 Å². The van der Waals surface area contributed by atoms with Crippen molar-refractivity contribution < 1.29 is 24.2 Å². The number of fused-ring (bicyclic) bond motifs is 3. The molecule has 2 amide bonds. The summed E-state index contributed by atoms with van der Waals surface area (Å²) in [4.78, 5) is 36.0. The Hall–Kier alpha value is -4.14. The molecule has 9 nitrogen and oxygen atoms in total. The fourth-order valence-corrected chi connectivity index (χ4v) is 4.21. The van der Waals surface area contributed by atoms with Gasteiger partial charge in [-0.3, -0.25) is 9.48 Å². The van der Waals surface area contributed by atoms with Gasteiger partial charge in [0.25, 0.3) is 0 Å². The summed E-state index contributed by atoms with van der Waals surface area (Å²) < 4.78 is 6.84. The molecule has 1 unspecified atom stereocenters. The number of nitrogens with one attached hydrogen (secondary N) is 2. The lowest BCUT2D eigenvalue weighted by molar-refractivity contribution is -0.116. The van der Waals surface area contributed by atoms with Crippen LogP contribution in [0, 0.1) is 0 Å². The molecule has 0 spiro atoms. The number of amides is 2. The van der Waals surface area contributed by atoms with Crippen molar-refractivity contribution in [1.29, 1.82) is 0 Å². The molecule has 176 valence electrons. The molecule has 9 heteroatoms. The molecule has 0 aliphatic heterocycles. The number of aromatic carboxylic acids is 1. The second kappa shape index (κ2) is 9.78. The Morgan fingerprint density at radius 2 is 1.71 bits per heavy atom. The van der Waals surface area contributed by atoms with E-state index in [0.29, 0.717) is 6.42 Å². The molecule has 0 fully saturated rings. The van der Waals surface area contributed by atoms with E-state index in [9.17, 15) is 14.4 Å². The van der Waals surface area contributed by atoms with Crippen LogP contribution in [0.25, 0.3) is 11.1 Å². The molecule has 2 aromatic carbocycles. The van der Waals surface area contributed by atoms with Crippen LogP contribution in [-0.4, -0.2) is 45.5 Å². The Kier molecular flexibility index (Phi) is 6.62. The van der Waals surface area contributed by atoms with Gasteiger partial charge in [0.2, 0.25) is 5.91 Å². The third-order valence-corrected chi connectivity index (χ3v) is 5.96. The first kappa shape index (κ1) is 23.0. The maximum atomic E-state index is 12.5. The molecule has 1 aromatic heterocycles. The number of aromatic nitrogens is 2. The number of carbonyl (C=O) groups is 3. The topological polar surface area (TPSA) is 123 Å². The van der Waals surface area contributed by atoms with E-state index < -0.39 is 18.1 Å². The third kappa shape index (κ3) is 4.78. The number of ether oxygens (including phenoxy) is 1. The van der Waals surface area contributed by atoms with Gasteiger partial charge in [-0.1, -0.05) is 55.5 Å². The molecule has 34 heavy (non-hydrogen) atoms. The van der Waals surface area contributed by atoms with Gasteiger partial charge in [0, 0.05) is 31.5 Å². The molecule has 0 saturated carbocycles. The molecular weight excluding hydrogens is 436 g/mol. The quantitative estimate of drug-likeness (QED) is 0.468. The fraction of sp³-hybridized carbons (Fsp3) is 0.280. The van der Waals surface area contributed by atoms with E-state index in [1.54, 1.807) is 0 Å². The first-order valence-corrected chi connectivity index (χ1v) is 11.1. The van der Waals surface area contributed by atoms with Crippen LogP contribution in [0.3, 0.4) is 0 Å². The maximum absolute atomic E-state index is 12.5. The first-order chi connectivity index (χ1) is 16.4. The smallest absolute Gasteiger partial charge is 0.407 e. The molecule has 4 rings (SSSR count). The number of carboxylic acids is 1. The van der Waals surface area contributed by atoms with Gasteiger partial charge in [0.1, 0.15) is 12.4 Å². The SMILES string of the molecule is CCC(CC(=O)Nc1cc(C(=O)O)nn1C)NC(=O)OCC1c2ccccc2-c2ccccc21. The minimum absolute atomic E-state index is 0.00821. The molecule has 3 aromatic rings. The Balaban J connectivity index is 1.33. The van der Waals surface area contributed by atoms with E-state index in [4.69, 9.17) is 9.84 Å². The summed E-state index contributed by atoms with van der Waals surface area (Å²) in [6.45, 7) is 2.05. The van der Waals surface area contributed by atoms with E-state index in [0.717, 1.165) is 22.3 Å². The predicted octanol–water partition coefficient (Wildman–Crippen LogP) is 3.76. The average Bonchev–Trinajstić information content (AvgIpc) is 3.35. The van der Waals surface area contributed by atoms with Gasteiger partial charge in [-0.05, 0) is 28.7 Å². The predicted molar refractivity (Wildman–Crippen MR) is 126 cm³/mol. The zero-order valence-corrected chi connectivity index (χ0v) is 18.9. The van der Waals surface area contributed by atoms with Crippen molar-refractivity contribution in [3.05, 3.63) is 71.4 Å². The Labute approximate surface area is 196 Å².